The van der Waals surface area contributed by atoms with Crippen LogP contribution < -0.4 is 0 Å². The van der Waals surface area contributed by atoms with Crippen molar-refractivity contribution in [2.24, 2.45) is 29.1 Å². The van der Waals surface area contributed by atoms with Crippen LogP contribution in [0.15, 0.2) is 23.7 Å². The van der Waals surface area contributed by atoms with Gasteiger partial charge >= 0.3 is 0 Å². The number of fused-ring (bicyclic) bond motifs is 5. The predicted molar refractivity (Wildman–Crippen MR) is 124 cm³/mol. The molecule has 6 atom stereocenters. The van der Waals surface area contributed by atoms with Crippen LogP contribution in [0.4, 0.5) is 0 Å². The van der Waals surface area contributed by atoms with Gasteiger partial charge in [-0.05, 0) is 93.5 Å². The van der Waals surface area contributed by atoms with Crippen molar-refractivity contribution in [2.75, 3.05) is 0 Å². The van der Waals surface area contributed by atoms with E-state index in [1.165, 1.54) is 51.4 Å². The molecule has 0 aromatic heterocycles. The number of nitrogens with zero attached hydrogens (tertiary/aromatic N) is 1. The zero-order valence-corrected chi connectivity index (χ0v) is 19.5. The van der Waals surface area contributed by atoms with Gasteiger partial charge in [0, 0.05) is 5.41 Å². The fraction of sp³-hybridized carbons (Fsp3) is 0.846. The molecule has 0 unspecified atom stereocenters. The minimum absolute atomic E-state index is 0.0505. The van der Waals surface area contributed by atoms with E-state index in [1.54, 1.807) is 5.57 Å². The van der Waals surface area contributed by atoms with Gasteiger partial charge in [0.1, 0.15) is 0 Å². The van der Waals surface area contributed by atoms with Gasteiger partial charge in [-0.25, -0.2) is 0 Å². The molecule has 161 valence electrons. The molecular weight excluding hydrogens is 353 g/mol. The van der Waals surface area contributed by atoms with Gasteiger partial charge in [-0.1, -0.05) is 52.3 Å². The Labute approximate surface area is 180 Å². The lowest BCUT2D eigenvalue weighted by molar-refractivity contribution is -0.0907. The lowest BCUT2D eigenvalue weighted by Gasteiger charge is -2.55. The van der Waals surface area contributed by atoms with E-state index in [4.69, 9.17) is 0 Å². The molecule has 0 aromatic carbocycles. The first-order chi connectivity index (χ1) is 13.8. The van der Waals surface area contributed by atoms with Crippen molar-refractivity contribution in [1.82, 2.24) is 4.81 Å². The maximum absolute atomic E-state index is 11.8. The van der Waals surface area contributed by atoms with Gasteiger partial charge in [0.2, 0.25) is 7.41 Å². The van der Waals surface area contributed by atoms with Gasteiger partial charge < -0.3 is 9.92 Å². The fourth-order valence-electron chi connectivity index (χ4n) is 7.87. The molecular formula is C26H43BNO. The first kappa shape index (κ1) is 21.7. The maximum atomic E-state index is 11.8. The van der Waals surface area contributed by atoms with E-state index in [0.717, 1.165) is 24.2 Å². The second-order valence-corrected chi connectivity index (χ2v) is 11.4. The zero-order chi connectivity index (χ0) is 20.8. The summed E-state index contributed by atoms with van der Waals surface area (Å²) in [5.41, 5.74) is 1.21. The monoisotopic (exact) mass is 396 g/mol. The molecule has 0 amide bonds. The molecule has 4 rings (SSSR count). The van der Waals surface area contributed by atoms with Crippen molar-refractivity contribution in [3.8, 4) is 0 Å². The van der Waals surface area contributed by atoms with Crippen LogP contribution in [-0.2, 0) is 0 Å². The van der Waals surface area contributed by atoms with E-state index < -0.39 is 5.60 Å². The number of hydrogen-bond donors (Lipinski definition) is 1. The van der Waals surface area contributed by atoms with Gasteiger partial charge in [0.25, 0.3) is 0 Å². The lowest BCUT2D eigenvalue weighted by atomic mass is 9.50. The van der Waals surface area contributed by atoms with Crippen molar-refractivity contribution in [2.45, 2.75) is 110 Å². The van der Waals surface area contributed by atoms with Crippen molar-refractivity contribution in [3.63, 3.8) is 0 Å². The maximum Gasteiger partial charge on any atom is 0.239 e. The molecule has 3 heteroatoms. The average Bonchev–Trinajstić information content (AvgIpc) is 2.95. The van der Waals surface area contributed by atoms with Crippen LogP contribution in [0, 0.1) is 29.1 Å². The molecule has 1 N–H and O–H groups in total. The van der Waals surface area contributed by atoms with E-state index in [1.807, 2.05) is 0 Å². The number of rotatable bonds is 5. The topological polar surface area (TPSA) is 23.5 Å². The van der Waals surface area contributed by atoms with E-state index in [9.17, 15) is 5.11 Å². The number of aliphatic hydroxyl groups is 1. The molecule has 3 saturated carbocycles. The van der Waals surface area contributed by atoms with Crippen molar-refractivity contribution < 1.29 is 5.11 Å². The molecule has 0 spiro atoms. The van der Waals surface area contributed by atoms with Crippen molar-refractivity contribution in [1.29, 1.82) is 0 Å². The Morgan fingerprint density at radius 3 is 2.55 bits per heavy atom. The van der Waals surface area contributed by atoms with Crippen LogP contribution >= 0.6 is 0 Å². The third kappa shape index (κ3) is 3.69. The highest BCUT2D eigenvalue weighted by atomic mass is 16.3. The first-order valence-electron chi connectivity index (χ1n) is 12.5. The molecule has 2 nitrogen and oxygen atoms in total. The molecule has 4 aliphatic carbocycles. The van der Waals surface area contributed by atoms with Gasteiger partial charge in [-0.2, -0.15) is 0 Å². The van der Waals surface area contributed by atoms with Gasteiger partial charge in [0.05, 0.1) is 5.60 Å². The van der Waals surface area contributed by atoms with Crippen LogP contribution in [0.2, 0.25) is 0 Å². The number of hydrogen-bond acceptors (Lipinski definition) is 2. The summed E-state index contributed by atoms with van der Waals surface area (Å²) < 4.78 is 0. The molecule has 0 heterocycles. The Morgan fingerprint density at radius 2 is 1.83 bits per heavy atom. The van der Waals surface area contributed by atoms with E-state index >= 15 is 0 Å². The van der Waals surface area contributed by atoms with Gasteiger partial charge in [-0.3, -0.25) is 0 Å². The summed E-state index contributed by atoms with van der Waals surface area (Å²) in [6, 6.07) is 0.966. The molecule has 0 aliphatic heterocycles. The minimum Gasteiger partial charge on any atom is -0.385 e. The fourth-order valence-corrected chi connectivity index (χ4v) is 7.87. The quantitative estimate of drug-likeness (QED) is 0.460. The Bertz CT molecular complexity index is 647. The van der Waals surface area contributed by atoms with Crippen LogP contribution in [0.5, 0.6) is 0 Å². The Hall–Kier alpha value is -0.535. The minimum atomic E-state index is -0.637. The summed E-state index contributed by atoms with van der Waals surface area (Å²) in [6.07, 6.45) is 16.3. The molecule has 0 saturated heterocycles. The third-order valence-corrected chi connectivity index (χ3v) is 9.42. The van der Waals surface area contributed by atoms with Crippen LogP contribution in [0.1, 0.15) is 92.4 Å². The largest absolute Gasteiger partial charge is 0.385 e. The van der Waals surface area contributed by atoms with Gasteiger partial charge in [0.15, 0.2) is 0 Å². The summed E-state index contributed by atoms with van der Waals surface area (Å²) in [4.78, 5) is 2.38. The molecule has 3 fully saturated rings. The summed E-state index contributed by atoms with van der Waals surface area (Å²) in [6.45, 7) is 11.4. The summed E-state index contributed by atoms with van der Waals surface area (Å²) >= 11 is 0. The van der Waals surface area contributed by atoms with E-state index in [-0.39, 0.29) is 5.41 Å². The Kier molecular flexibility index (Phi) is 6.12. The second-order valence-electron chi connectivity index (χ2n) is 11.4. The Balaban J connectivity index is 1.50. The van der Waals surface area contributed by atoms with Crippen LogP contribution in [-0.4, -0.2) is 35.0 Å². The smallest absolute Gasteiger partial charge is 0.239 e. The summed E-state index contributed by atoms with van der Waals surface area (Å²) in [5, 5.41) is 11.8. The van der Waals surface area contributed by atoms with E-state index in [0.29, 0.717) is 18.0 Å². The highest BCUT2D eigenvalue weighted by Crippen LogP contribution is 2.65. The van der Waals surface area contributed by atoms with Crippen LogP contribution in [0.3, 0.4) is 0 Å². The molecule has 4 aliphatic rings. The highest BCUT2D eigenvalue weighted by molar-refractivity contribution is 6.39. The molecule has 0 bridgehead atoms. The molecule has 29 heavy (non-hydrogen) atoms. The summed E-state index contributed by atoms with van der Waals surface area (Å²) in [5.74, 6) is 5.45. The predicted octanol–water partition coefficient (Wildman–Crippen LogP) is 5.93. The van der Waals surface area contributed by atoms with Crippen LogP contribution in [0.25, 0.3) is 0 Å². The molecule has 1 radical (unpaired) electrons. The lowest BCUT2D eigenvalue weighted by Crippen LogP contribution is -2.52. The standard InChI is InChI=1S/C26H43BNO/c1-18(2)28(19(3)4)27-17-16-26(29)15-13-24-23-11-10-20-8-6-7-9-21(20)22(23)12-14-25(24,26)5/h8,16-19,21-24,29H,6-7,9-15H2,1-5H3/b17-16+/t21-,22+,23+,24-,25-,26+/m0/s1. The van der Waals surface area contributed by atoms with Crippen molar-refractivity contribution in [3.05, 3.63) is 23.7 Å². The second kappa shape index (κ2) is 8.19. The zero-order valence-electron chi connectivity index (χ0n) is 19.5. The van der Waals surface area contributed by atoms with Gasteiger partial charge in [-0.15, -0.1) is 5.98 Å². The third-order valence-electron chi connectivity index (χ3n) is 9.42. The number of allylic oxidation sites excluding steroid dienone is 2. The average molecular weight is 396 g/mol. The van der Waals surface area contributed by atoms with E-state index in [2.05, 4.69) is 65.0 Å². The molecule has 0 aromatic rings. The first-order valence-corrected chi connectivity index (χ1v) is 12.5. The van der Waals surface area contributed by atoms with Crippen molar-refractivity contribution >= 4 is 7.41 Å². The SMILES string of the molecule is CC(C)N([B]/C=C/[C@]1(O)CC[C@H]2[C@@H]3CCC4=CCCC[C@@H]4[C@H]3CC[C@@]21C)C(C)C. The summed E-state index contributed by atoms with van der Waals surface area (Å²) in [7, 11) is 2.20. The Morgan fingerprint density at radius 1 is 1.07 bits per heavy atom. The highest BCUT2D eigenvalue weighted by Gasteiger charge is 2.61. The normalized spacial score (nSPS) is 42.2.